The minimum absolute atomic E-state index is 0. The van der Waals surface area contributed by atoms with E-state index in [0.717, 1.165) is 6.16 Å². The topological polar surface area (TPSA) is 26.0 Å². The van der Waals surface area contributed by atoms with Crippen LogP contribution in [-0.4, -0.2) is 12.7 Å². The van der Waals surface area contributed by atoms with Crippen LogP contribution in [0.25, 0.3) is 0 Å². The van der Waals surface area contributed by atoms with Gasteiger partial charge in [0.25, 0.3) is 0 Å². The van der Waals surface area contributed by atoms with E-state index in [0.29, 0.717) is 6.54 Å². The van der Waals surface area contributed by atoms with Crippen molar-refractivity contribution < 1.29 is 0 Å². The zero-order valence-electron chi connectivity index (χ0n) is 13.1. The third kappa shape index (κ3) is 3.55. The van der Waals surface area contributed by atoms with Crippen LogP contribution in [0.5, 0.6) is 0 Å². The Labute approximate surface area is 149 Å². The van der Waals surface area contributed by atoms with Crippen molar-refractivity contribution in [1.82, 2.24) is 0 Å². The molecule has 0 spiro atoms. The van der Waals surface area contributed by atoms with Crippen molar-refractivity contribution in [2.75, 3.05) is 12.7 Å². The van der Waals surface area contributed by atoms with Crippen LogP contribution in [0.2, 0.25) is 0 Å². The van der Waals surface area contributed by atoms with Gasteiger partial charge in [-0.15, -0.1) is 17.0 Å². The van der Waals surface area contributed by atoms with Crippen molar-refractivity contribution in [1.29, 1.82) is 0 Å². The van der Waals surface area contributed by atoms with Crippen LogP contribution in [-0.2, 0) is 0 Å². The normalized spacial score (nSPS) is 11.5. The Morgan fingerprint density at radius 1 is 0.565 bits per heavy atom. The predicted molar refractivity (Wildman–Crippen MR) is 111 cm³/mol. The summed E-state index contributed by atoms with van der Waals surface area (Å²) in [5.41, 5.74) is 6.06. The Balaban J connectivity index is 0.00000192. The fraction of sp³-hybridized carbons (Fsp3) is 0.100. The number of rotatable bonds is 5. The predicted octanol–water partition coefficient (Wildman–Crippen LogP) is 3.25. The molecule has 0 saturated heterocycles. The number of hydrogen-bond acceptors (Lipinski definition) is 1. The van der Waals surface area contributed by atoms with Gasteiger partial charge in [-0.05, 0) is 0 Å². The Morgan fingerprint density at radius 3 is 1.13 bits per heavy atom. The summed E-state index contributed by atoms with van der Waals surface area (Å²) in [5, 5.41) is 4.29. The van der Waals surface area contributed by atoms with Gasteiger partial charge in [-0.2, -0.15) is 0 Å². The molecule has 0 radical (unpaired) electrons. The zero-order chi connectivity index (χ0) is 15.3. The number of halogens is 1. The first kappa shape index (κ1) is 17.9. The van der Waals surface area contributed by atoms with Crippen molar-refractivity contribution >= 4 is 40.2 Å². The molecule has 3 rings (SSSR count). The van der Waals surface area contributed by atoms with Crippen molar-refractivity contribution in [3.8, 4) is 0 Å². The van der Waals surface area contributed by atoms with E-state index in [9.17, 15) is 0 Å². The second kappa shape index (κ2) is 8.40. The summed E-state index contributed by atoms with van der Waals surface area (Å²) in [6.07, 6.45) is 1.02. The second-order valence-electron chi connectivity index (χ2n) is 5.54. The molecular formula is C20H23BrNP. The molecule has 0 aliphatic rings. The molecule has 2 N–H and O–H groups in total. The van der Waals surface area contributed by atoms with Gasteiger partial charge in [-0.1, -0.05) is 0 Å². The van der Waals surface area contributed by atoms with Crippen LogP contribution in [0.4, 0.5) is 0 Å². The van der Waals surface area contributed by atoms with E-state index in [-0.39, 0.29) is 17.0 Å². The van der Waals surface area contributed by atoms with Gasteiger partial charge in [0.2, 0.25) is 0 Å². The molecule has 0 atom stereocenters. The second-order valence-corrected chi connectivity index (χ2v) is 9.58. The van der Waals surface area contributed by atoms with Gasteiger partial charge in [-0.25, -0.2) is 0 Å². The average Bonchev–Trinajstić information content (AvgIpc) is 2.62. The minimum atomic E-state index is -2.05. The molecule has 3 aromatic carbocycles. The third-order valence-corrected chi connectivity index (χ3v) is 9.31. The monoisotopic (exact) mass is 387 g/mol. The van der Waals surface area contributed by atoms with Crippen molar-refractivity contribution in [2.24, 2.45) is 5.73 Å². The Kier molecular flexibility index (Phi) is 6.53. The van der Waals surface area contributed by atoms with E-state index in [2.05, 4.69) is 91.0 Å². The standard InChI is InChI=1S/C20H22NP.BrH/c21-16-17-22(18-10-4-1-5-11-18,19-12-6-2-7-13-19)20-14-8-3-9-15-20;/h1-15,22H,16-17,21H2;1H. The van der Waals surface area contributed by atoms with E-state index in [1.807, 2.05) is 0 Å². The van der Waals surface area contributed by atoms with Crippen LogP contribution in [0.1, 0.15) is 0 Å². The van der Waals surface area contributed by atoms with Gasteiger partial charge >= 0.3 is 133 Å². The van der Waals surface area contributed by atoms with Gasteiger partial charge in [0.05, 0.1) is 0 Å². The molecule has 0 saturated carbocycles. The fourth-order valence-electron chi connectivity index (χ4n) is 3.32. The molecular weight excluding hydrogens is 365 g/mol. The van der Waals surface area contributed by atoms with E-state index in [1.54, 1.807) is 0 Å². The summed E-state index contributed by atoms with van der Waals surface area (Å²) >= 11 is 0. The van der Waals surface area contributed by atoms with E-state index in [4.69, 9.17) is 5.73 Å². The number of benzene rings is 3. The third-order valence-electron chi connectivity index (χ3n) is 4.32. The molecule has 23 heavy (non-hydrogen) atoms. The number of nitrogens with two attached hydrogens (primary N) is 1. The first-order valence-corrected chi connectivity index (χ1v) is 9.95. The van der Waals surface area contributed by atoms with Gasteiger partial charge in [0.1, 0.15) is 0 Å². The summed E-state index contributed by atoms with van der Waals surface area (Å²) in [5.74, 6) is 0. The van der Waals surface area contributed by atoms with Crippen molar-refractivity contribution in [3.63, 3.8) is 0 Å². The Hall–Kier alpha value is -1.47. The van der Waals surface area contributed by atoms with E-state index < -0.39 is 7.26 Å². The first-order chi connectivity index (χ1) is 10.9. The molecule has 0 unspecified atom stereocenters. The van der Waals surface area contributed by atoms with Gasteiger partial charge < -0.3 is 0 Å². The molecule has 0 aliphatic heterocycles. The quantitative estimate of drug-likeness (QED) is 0.668. The molecule has 0 amide bonds. The maximum absolute atomic E-state index is 6.06. The molecule has 3 aromatic rings. The molecule has 0 bridgehead atoms. The van der Waals surface area contributed by atoms with Crippen LogP contribution in [0.15, 0.2) is 91.0 Å². The van der Waals surface area contributed by atoms with Crippen molar-refractivity contribution in [3.05, 3.63) is 91.0 Å². The molecule has 1 nitrogen and oxygen atoms in total. The first-order valence-electron chi connectivity index (χ1n) is 7.74. The van der Waals surface area contributed by atoms with Crippen molar-refractivity contribution in [2.45, 2.75) is 0 Å². The summed E-state index contributed by atoms with van der Waals surface area (Å²) < 4.78 is 0. The summed E-state index contributed by atoms with van der Waals surface area (Å²) in [6.45, 7) is 0.699. The SMILES string of the molecule is Br.NCC[PH](c1ccccc1)(c1ccccc1)c1ccccc1. The summed E-state index contributed by atoms with van der Waals surface area (Å²) in [7, 11) is -2.05. The summed E-state index contributed by atoms with van der Waals surface area (Å²) in [6, 6.07) is 32.7. The number of hydrogen-bond donors (Lipinski definition) is 1. The molecule has 0 aromatic heterocycles. The average molecular weight is 388 g/mol. The fourth-order valence-corrected chi connectivity index (χ4v) is 7.90. The molecule has 120 valence electrons. The van der Waals surface area contributed by atoms with Crippen LogP contribution >= 0.6 is 24.2 Å². The van der Waals surface area contributed by atoms with Gasteiger partial charge in [0.15, 0.2) is 0 Å². The molecule has 0 fully saturated rings. The molecule has 0 aliphatic carbocycles. The van der Waals surface area contributed by atoms with E-state index >= 15 is 0 Å². The van der Waals surface area contributed by atoms with Crippen LogP contribution in [0, 0.1) is 0 Å². The van der Waals surface area contributed by atoms with Gasteiger partial charge in [0, 0.05) is 0 Å². The zero-order valence-corrected chi connectivity index (χ0v) is 15.8. The van der Waals surface area contributed by atoms with E-state index in [1.165, 1.54) is 15.9 Å². The molecule has 0 heterocycles. The van der Waals surface area contributed by atoms with Crippen LogP contribution in [0.3, 0.4) is 0 Å². The maximum atomic E-state index is 6.06. The Morgan fingerprint density at radius 2 is 0.870 bits per heavy atom. The Bertz CT molecular complexity index is 605. The van der Waals surface area contributed by atoms with Crippen LogP contribution < -0.4 is 21.6 Å². The summed E-state index contributed by atoms with van der Waals surface area (Å²) in [4.78, 5) is 0. The molecule has 3 heteroatoms. The van der Waals surface area contributed by atoms with Gasteiger partial charge in [-0.3, -0.25) is 0 Å².